The van der Waals surface area contributed by atoms with Gasteiger partial charge >= 0.3 is 0 Å². The Bertz CT molecular complexity index is 748. The van der Waals surface area contributed by atoms with E-state index in [0.29, 0.717) is 38.5 Å². The minimum absolute atomic E-state index is 0.169. The fraction of sp³-hybridized carbons (Fsp3) is 0.133. The van der Waals surface area contributed by atoms with E-state index in [2.05, 4.69) is 0 Å². The molecule has 3 nitrogen and oxygen atoms in total. The molecule has 21 heavy (non-hydrogen) atoms. The molecule has 0 saturated carbocycles. The zero-order valence-corrected chi connectivity index (χ0v) is 13.2. The van der Waals surface area contributed by atoms with Crippen molar-refractivity contribution in [1.82, 2.24) is 0 Å². The Balaban J connectivity index is 2.01. The lowest BCUT2D eigenvalue weighted by Gasteiger charge is -2.29. The number of hydrogen-bond acceptors (Lipinski definition) is 2. The molecule has 1 atom stereocenters. The summed E-state index contributed by atoms with van der Waals surface area (Å²) >= 11 is 11.8. The van der Waals surface area contributed by atoms with Crippen LogP contribution in [-0.4, -0.2) is 22.4 Å². The number of benzene rings is 2. The molecule has 1 heterocycles. The molecular weight excluding hydrogens is 329 g/mol. The first-order chi connectivity index (χ1) is 10.1. The highest BCUT2D eigenvalue weighted by atomic mass is 35.5. The number of hydrogen-bond donors (Lipinski definition) is 0. The largest absolute Gasteiger partial charge is 0.306 e. The number of carbonyl (C=O) groups excluding carboxylic acids is 1. The van der Waals surface area contributed by atoms with Gasteiger partial charge in [0.05, 0.1) is 31.4 Å². The van der Waals surface area contributed by atoms with Gasteiger partial charge in [-0.3, -0.25) is 9.00 Å². The molecule has 6 heteroatoms. The summed E-state index contributed by atoms with van der Waals surface area (Å²) < 4.78 is 12.0. The first kappa shape index (κ1) is 14.6. The van der Waals surface area contributed by atoms with Crippen LogP contribution >= 0.6 is 23.2 Å². The third-order valence-corrected chi connectivity index (χ3v) is 5.44. The van der Waals surface area contributed by atoms with E-state index in [0.717, 1.165) is 0 Å². The Kier molecular flexibility index (Phi) is 4.02. The molecule has 0 spiro atoms. The lowest BCUT2D eigenvalue weighted by atomic mass is 10.1. The van der Waals surface area contributed by atoms with Gasteiger partial charge in [0.25, 0.3) is 5.91 Å². The van der Waals surface area contributed by atoms with Crippen LogP contribution in [0.5, 0.6) is 0 Å². The predicted molar refractivity (Wildman–Crippen MR) is 85.9 cm³/mol. The Labute approximate surface area is 134 Å². The third-order valence-electron chi connectivity index (χ3n) is 3.31. The van der Waals surface area contributed by atoms with Crippen LogP contribution in [0, 0.1) is 0 Å². The van der Waals surface area contributed by atoms with Gasteiger partial charge in [0.2, 0.25) is 0 Å². The maximum atomic E-state index is 12.7. The van der Waals surface area contributed by atoms with Crippen molar-refractivity contribution in [2.45, 2.75) is 4.90 Å². The summed E-state index contributed by atoms with van der Waals surface area (Å²) in [7, 11) is -1.06. The molecule has 0 bridgehead atoms. The van der Waals surface area contributed by atoms with E-state index in [1.807, 2.05) is 18.2 Å². The third kappa shape index (κ3) is 2.71. The zero-order valence-electron chi connectivity index (χ0n) is 10.9. The summed E-state index contributed by atoms with van der Waals surface area (Å²) in [5, 5.41) is 0.754. The summed E-state index contributed by atoms with van der Waals surface area (Å²) in [6.45, 7) is 0.419. The maximum Gasteiger partial charge on any atom is 0.258 e. The van der Waals surface area contributed by atoms with Crippen molar-refractivity contribution in [3.8, 4) is 0 Å². The minimum Gasteiger partial charge on any atom is -0.306 e. The number of rotatable bonds is 1. The van der Waals surface area contributed by atoms with Crippen LogP contribution in [0.3, 0.4) is 0 Å². The summed E-state index contributed by atoms with van der Waals surface area (Å²) in [5.74, 6) is 0.266. The van der Waals surface area contributed by atoms with Crippen molar-refractivity contribution in [1.29, 1.82) is 0 Å². The molecule has 1 unspecified atom stereocenters. The van der Waals surface area contributed by atoms with Crippen LogP contribution < -0.4 is 4.90 Å². The Hall–Kier alpha value is -1.36. The lowest BCUT2D eigenvalue weighted by Crippen LogP contribution is -2.38. The van der Waals surface area contributed by atoms with Crippen molar-refractivity contribution < 1.29 is 9.00 Å². The number of nitrogens with zero attached hydrogens (tertiary/aromatic N) is 1. The van der Waals surface area contributed by atoms with Gasteiger partial charge in [-0.25, -0.2) is 0 Å². The molecule has 0 radical (unpaired) electrons. The molecule has 0 aromatic heterocycles. The Morgan fingerprint density at radius 2 is 1.86 bits per heavy atom. The number of para-hydroxylation sites is 1. The van der Waals surface area contributed by atoms with Gasteiger partial charge in [0.15, 0.2) is 0 Å². The van der Waals surface area contributed by atoms with E-state index in [4.69, 9.17) is 23.2 Å². The first-order valence-corrected chi connectivity index (χ1v) is 8.40. The van der Waals surface area contributed by atoms with Gasteiger partial charge in [0.1, 0.15) is 0 Å². The average Bonchev–Trinajstić information content (AvgIpc) is 2.50. The summed E-state index contributed by atoms with van der Waals surface area (Å²) in [4.78, 5) is 15.0. The topological polar surface area (TPSA) is 37.4 Å². The number of fused-ring (bicyclic) bond motifs is 1. The Morgan fingerprint density at radius 3 is 2.62 bits per heavy atom. The molecule has 1 amide bonds. The first-order valence-electron chi connectivity index (χ1n) is 6.32. The fourth-order valence-corrected chi connectivity index (χ4v) is 3.78. The van der Waals surface area contributed by atoms with E-state index >= 15 is 0 Å². The van der Waals surface area contributed by atoms with Crippen LogP contribution in [0.4, 0.5) is 5.69 Å². The second-order valence-electron chi connectivity index (χ2n) is 4.60. The van der Waals surface area contributed by atoms with Crippen molar-refractivity contribution in [3.05, 3.63) is 58.1 Å². The fourth-order valence-electron chi connectivity index (χ4n) is 2.27. The second kappa shape index (κ2) is 5.79. The lowest BCUT2D eigenvalue weighted by molar-refractivity contribution is 0.0987. The summed E-state index contributed by atoms with van der Waals surface area (Å²) in [6.07, 6.45) is 0. The van der Waals surface area contributed by atoms with Gasteiger partial charge in [-0.15, -0.1) is 0 Å². The SMILES string of the molecule is O=C(c1ccc(Cl)c(Cl)c1)N1CCS(=O)c2ccccc21. The van der Waals surface area contributed by atoms with Crippen LogP contribution in [0.25, 0.3) is 0 Å². The second-order valence-corrected chi connectivity index (χ2v) is 6.96. The van der Waals surface area contributed by atoms with Gasteiger partial charge in [-0.05, 0) is 30.3 Å². The van der Waals surface area contributed by atoms with E-state index < -0.39 is 10.8 Å². The number of amides is 1. The molecule has 2 aromatic carbocycles. The normalized spacial score (nSPS) is 17.4. The number of anilines is 1. The highest BCUT2D eigenvalue weighted by Gasteiger charge is 2.27. The molecule has 0 aliphatic carbocycles. The quantitative estimate of drug-likeness (QED) is 0.793. The Morgan fingerprint density at radius 1 is 1.10 bits per heavy atom. The molecule has 3 rings (SSSR count). The highest BCUT2D eigenvalue weighted by molar-refractivity contribution is 7.85. The van der Waals surface area contributed by atoms with Crippen LogP contribution in [0.15, 0.2) is 47.4 Å². The van der Waals surface area contributed by atoms with E-state index in [1.165, 1.54) is 0 Å². The smallest absolute Gasteiger partial charge is 0.258 e. The highest BCUT2D eigenvalue weighted by Crippen LogP contribution is 2.30. The van der Waals surface area contributed by atoms with Crippen molar-refractivity contribution >= 4 is 45.6 Å². The van der Waals surface area contributed by atoms with Crippen molar-refractivity contribution in [3.63, 3.8) is 0 Å². The van der Waals surface area contributed by atoms with Crippen molar-refractivity contribution in [2.24, 2.45) is 0 Å². The van der Waals surface area contributed by atoms with E-state index in [1.54, 1.807) is 29.2 Å². The predicted octanol–water partition coefficient (Wildman–Crippen LogP) is 3.76. The monoisotopic (exact) mass is 339 g/mol. The van der Waals surface area contributed by atoms with Crippen LogP contribution in [0.2, 0.25) is 10.0 Å². The molecule has 0 N–H and O–H groups in total. The van der Waals surface area contributed by atoms with E-state index in [-0.39, 0.29) is 5.91 Å². The minimum atomic E-state index is -1.06. The molecule has 2 aromatic rings. The van der Waals surface area contributed by atoms with E-state index in [9.17, 15) is 9.00 Å². The number of carbonyl (C=O) groups is 1. The molecular formula is C15H11Cl2NO2S. The van der Waals surface area contributed by atoms with Gasteiger partial charge < -0.3 is 4.90 Å². The zero-order chi connectivity index (χ0) is 15.0. The van der Waals surface area contributed by atoms with Crippen LogP contribution in [-0.2, 0) is 10.8 Å². The van der Waals surface area contributed by atoms with Gasteiger partial charge in [-0.2, -0.15) is 0 Å². The average molecular weight is 340 g/mol. The maximum absolute atomic E-state index is 12.7. The van der Waals surface area contributed by atoms with Crippen molar-refractivity contribution in [2.75, 3.05) is 17.2 Å². The summed E-state index contributed by atoms with van der Waals surface area (Å²) in [5.41, 5.74) is 1.16. The van der Waals surface area contributed by atoms with Crippen LogP contribution in [0.1, 0.15) is 10.4 Å². The standard InChI is InChI=1S/C15H11Cl2NO2S/c16-11-6-5-10(9-12(11)17)15(19)18-7-8-21(20)14-4-2-1-3-13(14)18/h1-6,9H,7-8H2. The summed E-state index contributed by atoms with van der Waals surface area (Å²) in [6, 6.07) is 12.1. The molecule has 0 fully saturated rings. The van der Waals surface area contributed by atoms with Gasteiger partial charge in [0, 0.05) is 17.9 Å². The molecule has 108 valence electrons. The molecule has 1 aliphatic rings. The van der Waals surface area contributed by atoms with Gasteiger partial charge in [-0.1, -0.05) is 35.3 Å². The molecule has 0 saturated heterocycles. The molecule has 1 aliphatic heterocycles. The number of halogens is 2.